The monoisotopic (exact) mass is 343 g/mol. The first-order valence-corrected chi connectivity index (χ1v) is 9.25. The first-order chi connectivity index (χ1) is 11.9. The lowest BCUT2D eigenvalue weighted by atomic mass is 10.0. The smallest absolute Gasteiger partial charge is 0.225 e. The van der Waals surface area contributed by atoms with Gasteiger partial charge in [-0.1, -0.05) is 0 Å². The minimum atomic E-state index is 0.0794. The molecule has 1 aliphatic rings. The van der Waals surface area contributed by atoms with Crippen molar-refractivity contribution in [3.63, 3.8) is 0 Å². The number of likely N-dealkylation sites (tertiary alicyclic amines) is 1. The van der Waals surface area contributed by atoms with Crippen molar-refractivity contribution >= 4 is 5.91 Å². The van der Waals surface area contributed by atoms with Gasteiger partial charge in [-0.3, -0.25) is 14.2 Å². The van der Waals surface area contributed by atoms with Gasteiger partial charge in [-0.2, -0.15) is 10.2 Å². The summed E-state index contributed by atoms with van der Waals surface area (Å²) in [4.78, 5) is 15.0. The van der Waals surface area contributed by atoms with Crippen molar-refractivity contribution in [2.24, 2.45) is 0 Å². The first kappa shape index (κ1) is 17.7. The number of rotatable bonds is 5. The molecule has 3 heterocycles. The van der Waals surface area contributed by atoms with Crippen molar-refractivity contribution in [1.82, 2.24) is 24.5 Å². The average molecular weight is 343 g/mol. The minimum absolute atomic E-state index is 0.0794. The zero-order chi connectivity index (χ0) is 18.0. The van der Waals surface area contributed by atoms with E-state index in [1.807, 2.05) is 36.3 Å². The summed E-state index contributed by atoms with van der Waals surface area (Å²) >= 11 is 0. The maximum absolute atomic E-state index is 13.0. The molecule has 0 aromatic carbocycles. The van der Waals surface area contributed by atoms with Crippen molar-refractivity contribution in [3.8, 4) is 0 Å². The molecule has 1 amide bonds. The predicted octanol–water partition coefficient (Wildman–Crippen LogP) is 3.04. The van der Waals surface area contributed by atoms with Crippen LogP contribution < -0.4 is 0 Å². The van der Waals surface area contributed by atoms with Crippen molar-refractivity contribution < 1.29 is 4.79 Å². The second-order valence-corrected chi connectivity index (χ2v) is 7.40. The number of carbonyl (C=O) groups excluding carboxylic acids is 1. The van der Waals surface area contributed by atoms with Crippen LogP contribution in [0, 0.1) is 20.8 Å². The van der Waals surface area contributed by atoms with Crippen LogP contribution in [0.25, 0.3) is 0 Å². The summed E-state index contributed by atoms with van der Waals surface area (Å²) < 4.78 is 3.94. The van der Waals surface area contributed by atoms with Gasteiger partial charge in [-0.15, -0.1) is 0 Å². The molecular weight excluding hydrogens is 314 g/mol. The van der Waals surface area contributed by atoms with Crippen LogP contribution in [0.15, 0.2) is 18.5 Å². The summed E-state index contributed by atoms with van der Waals surface area (Å²) in [5.41, 5.74) is 3.27. The van der Waals surface area contributed by atoms with Gasteiger partial charge in [0.05, 0.1) is 30.5 Å². The van der Waals surface area contributed by atoms with Gasteiger partial charge in [0.25, 0.3) is 0 Å². The fraction of sp³-hybridized carbons (Fsp3) is 0.632. The largest absolute Gasteiger partial charge is 0.338 e. The van der Waals surface area contributed by atoms with Crippen LogP contribution in [0.2, 0.25) is 0 Å². The fourth-order valence-electron chi connectivity index (χ4n) is 3.85. The average Bonchev–Trinajstić information content (AvgIpc) is 3.12. The summed E-state index contributed by atoms with van der Waals surface area (Å²) in [7, 11) is 0. The van der Waals surface area contributed by atoms with Crippen LogP contribution in [0.5, 0.6) is 0 Å². The van der Waals surface area contributed by atoms with Gasteiger partial charge in [-0.25, -0.2) is 0 Å². The normalized spacial score (nSPS) is 19.2. The molecule has 136 valence electrons. The second-order valence-electron chi connectivity index (χ2n) is 7.40. The quantitative estimate of drug-likeness (QED) is 0.838. The van der Waals surface area contributed by atoms with Crippen molar-refractivity contribution in [2.75, 3.05) is 6.54 Å². The van der Waals surface area contributed by atoms with Gasteiger partial charge < -0.3 is 4.90 Å². The van der Waals surface area contributed by atoms with Gasteiger partial charge >= 0.3 is 0 Å². The fourth-order valence-corrected chi connectivity index (χ4v) is 3.85. The third-order valence-electron chi connectivity index (χ3n) is 5.04. The lowest BCUT2D eigenvalue weighted by Gasteiger charge is -2.36. The maximum Gasteiger partial charge on any atom is 0.225 e. The molecule has 0 bridgehead atoms. The summed E-state index contributed by atoms with van der Waals surface area (Å²) in [6.07, 6.45) is 7.75. The third-order valence-corrected chi connectivity index (χ3v) is 5.04. The van der Waals surface area contributed by atoms with Crippen LogP contribution >= 0.6 is 0 Å². The highest BCUT2D eigenvalue weighted by atomic mass is 16.2. The number of hydrogen-bond donors (Lipinski definition) is 0. The van der Waals surface area contributed by atoms with E-state index in [2.05, 4.69) is 34.3 Å². The molecule has 1 saturated heterocycles. The van der Waals surface area contributed by atoms with Crippen molar-refractivity contribution in [2.45, 2.75) is 72.0 Å². The predicted molar refractivity (Wildman–Crippen MR) is 97.3 cm³/mol. The summed E-state index contributed by atoms with van der Waals surface area (Å²) in [5.74, 6) is 0.230. The standard InChI is InChI=1S/C19H29N5O/c1-14-11-20-22(12-14)13-18-7-5-6-8-23(18)19(25)10-17(4)24-16(3)9-15(2)21-24/h9,11-12,17-18H,5-8,10,13H2,1-4H3/t17-,18-/m1/s1. The Morgan fingerprint density at radius 1 is 1.32 bits per heavy atom. The van der Waals surface area contributed by atoms with Crippen LogP contribution in [0.1, 0.15) is 55.6 Å². The molecular formula is C19H29N5O. The Morgan fingerprint density at radius 2 is 2.12 bits per heavy atom. The third kappa shape index (κ3) is 4.11. The Bertz CT molecular complexity index is 732. The van der Waals surface area contributed by atoms with E-state index in [4.69, 9.17) is 0 Å². The van der Waals surface area contributed by atoms with Crippen LogP contribution in [-0.4, -0.2) is 43.0 Å². The molecule has 3 rings (SSSR count). The molecule has 0 radical (unpaired) electrons. The molecule has 1 aliphatic heterocycles. The van der Waals surface area contributed by atoms with E-state index in [-0.39, 0.29) is 18.0 Å². The molecule has 0 unspecified atom stereocenters. The highest BCUT2D eigenvalue weighted by Crippen LogP contribution is 2.22. The zero-order valence-corrected chi connectivity index (χ0v) is 15.8. The minimum Gasteiger partial charge on any atom is -0.338 e. The highest BCUT2D eigenvalue weighted by molar-refractivity contribution is 5.77. The molecule has 0 N–H and O–H groups in total. The number of carbonyl (C=O) groups is 1. The van der Waals surface area contributed by atoms with Crippen molar-refractivity contribution in [1.29, 1.82) is 0 Å². The summed E-state index contributed by atoms with van der Waals surface area (Å²) in [6, 6.07) is 2.38. The van der Waals surface area contributed by atoms with Gasteiger partial charge in [0.2, 0.25) is 5.91 Å². The number of piperidine rings is 1. The molecule has 1 fully saturated rings. The van der Waals surface area contributed by atoms with Crippen LogP contribution in [0.4, 0.5) is 0 Å². The Labute approximate surface area is 149 Å². The molecule has 0 saturated carbocycles. The van der Waals surface area contributed by atoms with Crippen LogP contribution in [0.3, 0.4) is 0 Å². The molecule has 25 heavy (non-hydrogen) atoms. The first-order valence-electron chi connectivity index (χ1n) is 9.25. The van der Waals surface area contributed by atoms with E-state index in [9.17, 15) is 4.79 Å². The number of aryl methyl sites for hydroxylation is 3. The van der Waals surface area contributed by atoms with Crippen molar-refractivity contribution in [3.05, 3.63) is 35.4 Å². The summed E-state index contributed by atoms with van der Waals surface area (Å²) in [5, 5.41) is 8.92. The van der Waals surface area contributed by atoms with Gasteiger partial charge in [-0.05, 0) is 58.6 Å². The molecule has 2 atom stereocenters. The van der Waals surface area contributed by atoms with E-state index in [1.54, 1.807) is 0 Å². The van der Waals surface area contributed by atoms with Gasteiger partial charge in [0.15, 0.2) is 0 Å². The highest BCUT2D eigenvalue weighted by Gasteiger charge is 2.28. The number of hydrogen-bond acceptors (Lipinski definition) is 3. The number of aromatic nitrogens is 4. The Kier molecular flexibility index (Phi) is 5.25. The number of amides is 1. The molecule has 0 spiro atoms. The van der Waals surface area contributed by atoms with Gasteiger partial charge in [0.1, 0.15) is 0 Å². The van der Waals surface area contributed by atoms with E-state index in [0.29, 0.717) is 6.42 Å². The summed E-state index contributed by atoms with van der Waals surface area (Å²) in [6.45, 7) is 9.80. The molecule has 2 aromatic heterocycles. The topological polar surface area (TPSA) is 56.0 Å². The molecule has 6 heteroatoms. The maximum atomic E-state index is 13.0. The van der Waals surface area contributed by atoms with E-state index >= 15 is 0 Å². The lowest BCUT2D eigenvalue weighted by Crippen LogP contribution is -2.46. The molecule has 6 nitrogen and oxygen atoms in total. The lowest BCUT2D eigenvalue weighted by molar-refractivity contribution is -0.136. The van der Waals surface area contributed by atoms with E-state index in [0.717, 1.165) is 42.9 Å². The molecule has 2 aromatic rings. The Hall–Kier alpha value is -2.11. The SMILES string of the molecule is Cc1cnn(C[C@H]2CCCCN2C(=O)C[C@@H](C)n2nc(C)cc2C)c1. The van der Waals surface area contributed by atoms with Gasteiger partial charge in [0, 0.05) is 24.9 Å². The second kappa shape index (κ2) is 7.42. The Morgan fingerprint density at radius 3 is 2.76 bits per heavy atom. The van der Waals surface area contributed by atoms with Crippen LogP contribution in [-0.2, 0) is 11.3 Å². The number of nitrogens with zero attached hydrogens (tertiary/aromatic N) is 5. The van der Waals surface area contributed by atoms with E-state index < -0.39 is 0 Å². The molecule has 0 aliphatic carbocycles. The van der Waals surface area contributed by atoms with E-state index in [1.165, 1.54) is 6.42 Å². The zero-order valence-electron chi connectivity index (χ0n) is 15.8. The Balaban J connectivity index is 1.67.